The molecule has 10 heavy (non-hydrogen) atoms. The van der Waals surface area contributed by atoms with Crippen LogP contribution in [0.5, 0.6) is 0 Å². The molecule has 3 nitrogen and oxygen atoms in total. The third kappa shape index (κ3) is 1.29. The molecular weight excluding hydrogens is 148 g/mol. The van der Waals surface area contributed by atoms with Gasteiger partial charge in [-0.15, -0.1) is 11.8 Å². The molecule has 0 aromatic rings. The van der Waals surface area contributed by atoms with E-state index in [2.05, 4.69) is 10.6 Å². The molecule has 2 aliphatic heterocycles. The fraction of sp³-hybridized carbons (Fsp3) is 1.00. The summed E-state index contributed by atoms with van der Waals surface area (Å²) >= 11 is 1.94. The highest BCUT2D eigenvalue weighted by atomic mass is 32.2. The molecule has 2 rings (SSSR count). The van der Waals surface area contributed by atoms with Gasteiger partial charge in [0.15, 0.2) is 0 Å². The number of rotatable bonds is 1. The summed E-state index contributed by atoms with van der Waals surface area (Å²) in [6, 6.07) is 0.535. The van der Waals surface area contributed by atoms with Crippen molar-refractivity contribution in [1.82, 2.24) is 10.6 Å². The van der Waals surface area contributed by atoms with Crippen molar-refractivity contribution in [2.75, 3.05) is 24.8 Å². The van der Waals surface area contributed by atoms with Crippen LogP contribution in [-0.4, -0.2) is 37.1 Å². The summed E-state index contributed by atoms with van der Waals surface area (Å²) in [6.45, 7) is 1.88. The molecule has 2 N–H and O–H groups in total. The highest BCUT2D eigenvalue weighted by molar-refractivity contribution is 7.99. The first kappa shape index (κ1) is 6.91. The zero-order valence-corrected chi connectivity index (χ0v) is 6.62. The number of nitrogens with one attached hydrogen (secondary N) is 2. The molecule has 2 atom stereocenters. The van der Waals surface area contributed by atoms with Crippen molar-refractivity contribution >= 4 is 11.8 Å². The summed E-state index contributed by atoms with van der Waals surface area (Å²) in [4.78, 5) is 0. The lowest BCUT2D eigenvalue weighted by atomic mass is 10.3. The highest BCUT2D eigenvalue weighted by Crippen LogP contribution is 2.14. The molecule has 0 saturated carbocycles. The van der Waals surface area contributed by atoms with Crippen LogP contribution < -0.4 is 10.6 Å². The summed E-state index contributed by atoms with van der Waals surface area (Å²) in [6.07, 6.45) is 0.273. The monoisotopic (exact) mass is 160 g/mol. The van der Waals surface area contributed by atoms with Crippen LogP contribution in [0.1, 0.15) is 0 Å². The molecule has 2 aliphatic rings. The Morgan fingerprint density at radius 2 is 2.40 bits per heavy atom. The van der Waals surface area contributed by atoms with Crippen molar-refractivity contribution in [2.45, 2.75) is 12.3 Å². The van der Waals surface area contributed by atoms with Gasteiger partial charge in [0.1, 0.15) is 6.23 Å². The van der Waals surface area contributed by atoms with Gasteiger partial charge in [0, 0.05) is 18.2 Å². The molecular formula is C6H12N2OS. The molecule has 0 amide bonds. The second-order valence-corrected chi connectivity index (χ2v) is 3.60. The van der Waals surface area contributed by atoms with Crippen LogP contribution in [0.4, 0.5) is 0 Å². The Morgan fingerprint density at radius 3 is 3.00 bits per heavy atom. The summed E-state index contributed by atoms with van der Waals surface area (Å²) in [7, 11) is 0. The molecule has 0 aliphatic carbocycles. The van der Waals surface area contributed by atoms with E-state index >= 15 is 0 Å². The Morgan fingerprint density at radius 1 is 1.40 bits per heavy atom. The van der Waals surface area contributed by atoms with Gasteiger partial charge in [-0.05, 0) is 0 Å². The van der Waals surface area contributed by atoms with Gasteiger partial charge in [0.2, 0.25) is 0 Å². The van der Waals surface area contributed by atoms with Crippen LogP contribution in [0.15, 0.2) is 0 Å². The molecule has 0 aromatic carbocycles. The number of hydrogen-bond acceptors (Lipinski definition) is 4. The molecule has 0 radical (unpaired) electrons. The molecule has 2 heterocycles. The second kappa shape index (κ2) is 3.09. The van der Waals surface area contributed by atoms with E-state index in [9.17, 15) is 0 Å². The van der Waals surface area contributed by atoms with E-state index in [-0.39, 0.29) is 6.23 Å². The minimum Gasteiger partial charge on any atom is -0.360 e. The van der Waals surface area contributed by atoms with Gasteiger partial charge in [0.25, 0.3) is 0 Å². The van der Waals surface area contributed by atoms with Crippen molar-refractivity contribution in [2.24, 2.45) is 0 Å². The second-order valence-electron chi connectivity index (χ2n) is 2.57. The fourth-order valence-electron chi connectivity index (χ4n) is 1.31. The Bertz CT molecular complexity index is 96.3. The van der Waals surface area contributed by atoms with Crippen LogP contribution in [0.25, 0.3) is 0 Å². The van der Waals surface area contributed by atoms with Crippen molar-refractivity contribution in [3.63, 3.8) is 0 Å². The summed E-state index contributed by atoms with van der Waals surface area (Å²) in [5.41, 5.74) is 0. The Kier molecular flexibility index (Phi) is 2.13. The third-order valence-corrected chi connectivity index (χ3v) is 2.82. The van der Waals surface area contributed by atoms with Gasteiger partial charge in [-0.25, -0.2) is 0 Å². The maximum atomic E-state index is 5.45. The van der Waals surface area contributed by atoms with Crippen LogP contribution >= 0.6 is 11.8 Å². The van der Waals surface area contributed by atoms with Crippen molar-refractivity contribution < 1.29 is 4.74 Å². The first-order valence-electron chi connectivity index (χ1n) is 3.63. The van der Waals surface area contributed by atoms with E-state index in [0.29, 0.717) is 6.04 Å². The van der Waals surface area contributed by atoms with Crippen molar-refractivity contribution in [1.29, 1.82) is 0 Å². The molecule has 2 saturated heterocycles. The number of thioether (sulfide) groups is 1. The largest absolute Gasteiger partial charge is 0.360 e. The van der Waals surface area contributed by atoms with Crippen molar-refractivity contribution in [3.05, 3.63) is 0 Å². The Balaban J connectivity index is 1.85. The van der Waals surface area contributed by atoms with Gasteiger partial charge >= 0.3 is 0 Å². The Labute approximate surface area is 64.9 Å². The SMILES string of the molecule is C1COC(C2CSCN2)N1. The van der Waals surface area contributed by atoms with Gasteiger partial charge in [-0.2, -0.15) is 0 Å². The maximum absolute atomic E-state index is 5.45. The van der Waals surface area contributed by atoms with E-state index in [4.69, 9.17) is 4.74 Å². The lowest BCUT2D eigenvalue weighted by Crippen LogP contribution is -2.43. The first-order chi connectivity index (χ1) is 4.97. The van der Waals surface area contributed by atoms with E-state index in [1.165, 1.54) is 5.75 Å². The molecule has 2 unspecified atom stereocenters. The van der Waals surface area contributed by atoms with Gasteiger partial charge < -0.3 is 10.1 Å². The number of hydrogen-bond donors (Lipinski definition) is 2. The third-order valence-electron chi connectivity index (χ3n) is 1.86. The van der Waals surface area contributed by atoms with Crippen LogP contribution in [0, 0.1) is 0 Å². The molecule has 0 bridgehead atoms. The van der Waals surface area contributed by atoms with Gasteiger partial charge in [-0.3, -0.25) is 5.32 Å². The topological polar surface area (TPSA) is 33.3 Å². The predicted molar refractivity (Wildman–Crippen MR) is 42.0 cm³/mol. The van der Waals surface area contributed by atoms with Crippen LogP contribution in [-0.2, 0) is 4.74 Å². The van der Waals surface area contributed by atoms with Gasteiger partial charge in [-0.1, -0.05) is 0 Å². The van der Waals surface area contributed by atoms with E-state index in [1.54, 1.807) is 0 Å². The zero-order valence-electron chi connectivity index (χ0n) is 5.80. The minimum atomic E-state index is 0.273. The quantitative estimate of drug-likeness (QED) is 0.546. The summed E-state index contributed by atoms with van der Waals surface area (Å²) in [5, 5.41) is 6.67. The average Bonchev–Trinajstić information content (AvgIpc) is 2.59. The number of ether oxygens (including phenoxy) is 1. The molecule has 0 aromatic heterocycles. The highest BCUT2D eigenvalue weighted by Gasteiger charge is 2.27. The van der Waals surface area contributed by atoms with Crippen LogP contribution in [0.3, 0.4) is 0 Å². The van der Waals surface area contributed by atoms with Crippen LogP contribution in [0.2, 0.25) is 0 Å². The van der Waals surface area contributed by atoms with Crippen molar-refractivity contribution in [3.8, 4) is 0 Å². The Hall–Kier alpha value is 0.230. The van der Waals surface area contributed by atoms with E-state index in [1.807, 2.05) is 11.8 Å². The molecule has 0 spiro atoms. The predicted octanol–water partition coefficient (Wildman–Crippen LogP) is -0.405. The molecule has 58 valence electrons. The molecule has 4 heteroatoms. The van der Waals surface area contributed by atoms with Gasteiger partial charge in [0.05, 0.1) is 12.6 Å². The summed E-state index contributed by atoms with van der Waals surface area (Å²) in [5.74, 6) is 2.25. The van der Waals surface area contributed by atoms with E-state index < -0.39 is 0 Å². The summed E-state index contributed by atoms with van der Waals surface area (Å²) < 4.78 is 5.45. The standard InChI is InChI=1S/C6H12N2OS/c1-2-9-6(7-1)5-3-10-4-8-5/h5-8H,1-4H2. The fourth-order valence-corrected chi connectivity index (χ4v) is 2.31. The normalized spacial score (nSPS) is 40.8. The first-order valence-corrected chi connectivity index (χ1v) is 4.78. The van der Waals surface area contributed by atoms with E-state index in [0.717, 1.165) is 19.0 Å². The maximum Gasteiger partial charge on any atom is 0.124 e. The lowest BCUT2D eigenvalue weighted by molar-refractivity contribution is 0.0784. The minimum absolute atomic E-state index is 0.273. The smallest absolute Gasteiger partial charge is 0.124 e. The lowest BCUT2D eigenvalue weighted by Gasteiger charge is -2.16. The molecule has 2 fully saturated rings. The average molecular weight is 160 g/mol. The zero-order chi connectivity index (χ0) is 6.81.